The van der Waals surface area contributed by atoms with Crippen LogP contribution in [0.3, 0.4) is 0 Å². The van der Waals surface area contributed by atoms with E-state index < -0.39 is 23.2 Å². The molecule has 0 amide bonds. The molecule has 0 saturated carbocycles. The van der Waals surface area contributed by atoms with Crippen LogP contribution in [-0.2, 0) is 4.74 Å². The van der Waals surface area contributed by atoms with Crippen molar-refractivity contribution in [2.75, 3.05) is 0 Å². The van der Waals surface area contributed by atoms with Crippen molar-refractivity contribution < 1.29 is 18.3 Å². The average Bonchev–Trinajstić information content (AvgIpc) is 2.17. The number of carbonyl (C=O) groups is 1. The van der Waals surface area contributed by atoms with Crippen LogP contribution in [0, 0.1) is 11.6 Å². The molecule has 0 heterocycles. The highest BCUT2D eigenvalue weighted by Gasteiger charge is 2.20. The molecule has 1 atom stereocenters. The van der Waals surface area contributed by atoms with Gasteiger partial charge in [-0.2, -0.15) is 0 Å². The van der Waals surface area contributed by atoms with Crippen LogP contribution in [0.1, 0.15) is 37.0 Å². The molecule has 0 aliphatic carbocycles. The van der Waals surface area contributed by atoms with Gasteiger partial charge in [0.2, 0.25) is 0 Å². The number of halogens is 2. The number of rotatable bonds is 4. The van der Waals surface area contributed by atoms with E-state index in [0.29, 0.717) is 6.42 Å². The molecule has 0 aromatic heterocycles. The predicted octanol–water partition coefficient (Wildman–Crippen LogP) is 3.31. The Bertz CT molecular complexity index is 357. The van der Waals surface area contributed by atoms with Crippen molar-refractivity contribution in [1.82, 2.24) is 0 Å². The van der Waals surface area contributed by atoms with Crippen LogP contribution in [0.5, 0.6) is 0 Å². The first-order chi connectivity index (χ1) is 7.56. The van der Waals surface area contributed by atoms with Gasteiger partial charge in [-0.05, 0) is 25.5 Å². The zero-order valence-electron chi connectivity index (χ0n) is 9.30. The molecule has 0 radical (unpaired) electrons. The zero-order valence-corrected chi connectivity index (χ0v) is 9.30. The summed E-state index contributed by atoms with van der Waals surface area (Å²) in [5.41, 5.74) is -0.620. The molecular formula is C12H14F2O2. The molecule has 0 bridgehead atoms. The van der Waals surface area contributed by atoms with Crippen molar-refractivity contribution in [3.8, 4) is 0 Å². The minimum atomic E-state index is -0.948. The molecule has 0 fully saturated rings. The predicted molar refractivity (Wildman–Crippen MR) is 56.1 cm³/mol. The second-order valence-electron chi connectivity index (χ2n) is 3.60. The summed E-state index contributed by atoms with van der Waals surface area (Å²) in [5, 5.41) is 0. The number of carbonyl (C=O) groups excluding carboxylic acids is 1. The van der Waals surface area contributed by atoms with Crippen LogP contribution in [0.2, 0.25) is 0 Å². The average molecular weight is 228 g/mol. The molecule has 1 unspecified atom stereocenters. The van der Waals surface area contributed by atoms with Crippen LogP contribution in [-0.4, -0.2) is 12.1 Å². The maximum absolute atomic E-state index is 13.2. The van der Waals surface area contributed by atoms with Crippen molar-refractivity contribution in [3.63, 3.8) is 0 Å². The van der Waals surface area contributed by atoms with Crippen molar-refractivity contribution in [2.45, 2.75) is 32.8 Å². The molecule has 0 N–H and O–H groups in total. The molecule has 0 aliphatic rings. The van der Waals surface area contributed by atoms with Gasteiger partial charge in [-0.3, -0.25) is 0 Å². The van der Waals surface area contributed by atoms with Crippen molar-refractivity contribution in [2.24, 2.45) is 0 Å². The summed E-state index contributed by atoms with van der Waals surface area (Å²) in [5.74, 6) is -2.74. The van der Waals surface area contributed by atoms with E-state index in [1.54, 1.807) is 6.92 Å². The summed E-state index contributed by atoms with van der Waals surface area (Å²) in [6.45, 7) is 3.63. The Morgan fingerprint density at radius 1 is 1.38 bits per heavy atom. The van der Waals surface area contributed by atoms with E-state index in [-0.39, 0.29) is 6.10 Å². The minimum absolute atomic E-state index is 0.337. The second kappa shape index (κ2) is 5.58. The summed E-state index contributed by atoms with van der Waals surface area (Å²) in [7, 11) is 0. The Kier molecular flexibility index (Phi) is 4.40. The highest BCUT2D eigenvalue weighted by Crippen LogP contribution is 2.15. The molecule has 0 aliphatic heterocycles. The SMILES string of the molecule is CCCC(C)OC(=O)c1c(F)cccc1F. The molecule has 1 aromatic rings. The fourth-order valence-electron chi connectivity index (χ4n) is 1.40. The number of benzene rings is 1. The Balaban J connectivity index is 2.80. The molecular weight excluding hydrogens is 214 g/mol. The summed E-state index contributed by atoms with van der Waals surface area (Å²) < 4.78 is 31.3. The molecule has 88 valence electrons. The molecule has 0 saturated heterocycles. The first kappa shape index (κ1) is 12.6. The van der Waals surface area contributed by atoms with E-state index in [0.717, 1.165) is 18.6 Å². The quantitative estimate of drug-likeness (QED) is 0.739. The Labute approximate surface area is 93.2 Å². The first-order valence-electron chi connectivity index (χ1n) is 5.21. The van der Waals surface area contributed by atoms with Gasteiger partial charge in [-0.25, -0.2) is 13.6 Å². The van der Waals surface area contributed by atoms with Gasteiger partial charge in [0.25, 0.3) is 0 Å². The zero-order chi connectivity index (χ0) is 12.1. The third-order valence-electron chi connectivity index (χ3n) is 2.17. The van der Waals surface area contributed by atoms with E-state index in [2.05, 4.69) is 0 Å². The van der Waals surface area contributed by atoms with Crippen LogP contribution >= 0.6 is 0 Å². The summed E-state index contributed by atoms with van der Waals surface area (Å²) in [4.78, 5) is 11.5. The first-order valence-corrected chi connectivity index (χ1v) is 5.21. The Morgan fingerprint density at radius 3 is 2.44 bits per heavy atom. The smallest absolute Gasteiger partial charge is 0.344 e. The third kappa shape index (κ3) is 3.02. The van der Waals surface area contributed by atoms with Crippen molar-refractivity contribution in [3.05, 3.63) is 35.4 Å². The molecule has 2 nitrogen and oxygen atoms in total. The largest absolute Gasteiger partial charge is 0.459 e. The second-order valence-corrected chi connectivity index (χ2v) is 3.60. The lowest BCUT2D eigenvalue weighted by Gasteiger charge is -2.12. The molecule has 0 spiro atoms. The Morgan fingerprint density at radius 2 is 1.94 bits per heavy atom. The monoisotopic (exact) mass is 228 g/mol. The fourth-order valence-corrected chi connectivity index (χ4v) is 1.40. The summed E-state index contributed by atoms with van der Waals surface area (Å²) in [6, 6.07) is 3.27. The van der Waals surface area contributed by atoms with Crippen LogP contribution in [0.4, 0.5) is 8.78 Å². The van der Waals surface area contributed by atoms with Gasteiger partial charge in [-0.15, -0.1) is 0 Å². The fraction of sp³-hybridized carbons (Fsp3) is 0.417. The number of hydrogen-bond acceptors (Lipinski definition) is 2. The molecule has 16 heavy (non-hydrogen) atoms. The Hall–Kier alpha value is -1.45. The lowest BCUT2D eigenvalue weighted by atomic mass is 10.2. The van der Waals surface area contributed by atoms with Gasteiger partial charge in [0, 0.05) is 0 Å². The summed E-state index contributed by atoms with van der Waals surface area (Å²) in [6.07, 6.45) is 1.17. The lowest BCUT2D eigenvalue weighted by molar-refractivity contribution is 0.0312. The van der Waals surface area contributed by atoms with E-state index in [4.69, 9.17) is 4.74 Å². The van der Waals surface area contributed by atoms with Crippen LogP contribution in [0.25, 0.3) is 0 Å². The third-order valence-corrected chi connectivity index (χ3v) is 2.17. The van der Waals surface area contributed by atoms with Crippen molar-refractivity contribution >= 4 is 5.97 Å². The molecule has 1 aromatic carbocycles. The normalized spacial score (nSPS) is 12.2. The standard InChI is InChI=1S/C12H14F2O2/c1-3-5-8(2)16-12(15)11-9(13)6-4-7-10(11)14/h4,6-8H,3,5H2,1-2H3. The topological polar surface area (TPSA) is 26.3 Å². The minimum Gasteiger partial charge on any atom is -0.459 e. The van der Waals surface area contributed by atoms with E-state index in [1.165, 1.54) is 6.07 Å². The van der Waals surface area contributed by atoms with Gasteiger partial charge < -0.3 is 4.74 Å². The van der Waals surface area contributed by atoms with Gasteiger partial charge in [0.15, 0.2) is 0 Å². The highest BCUT2D eigenvalue weighted by atomic mass is 19.1. The van der Waals surface area contributed by atoms with E-state index in [1.807, 2.05) is 6.92 Å². The maximum Gasteiger partial charge on any atom is 0.344 e. The number of esters is 1. The van der Waals surface area contributed by atoms with E-state index in [9.17, 15) is 13.6 Å². The molecule has 1 rings (SSSR count). The highest BCUT2D eigenvalue weighted by molar-refractivity contribution is 5.90. The van der Waals surface area contributed by atoms with Gasteiger partial charge in [-0.1, -0.05) is 19.4 Å². The molecule has 4 heteroatoms. The van der Waals surface area contributed by atoms with Crippen LogP contribution in [0.15, 0.2) is 18.2 Å². The van der Waals surface area contributed by atoms with Crippen LogP contribution < -0.4 is 0 Å². The van der Waals surface area contributed by atoms with E-state index >= 15 is 0 Å². The summed E-state index contributed by atoms with van der Waals surface area (Å²) >= 11 is 0. The maximum atomic E-state index is 13.2. The lowest BCUT2D eigenvalue weighted by Crippen LogP contribution is -2.17. The van der Waals surface area contributed by atoms with Gasteiger partial charge in [0.1, 0.15) is 17.2 Å². The number of hydrogen-bond donors (Lipinski definition) is 0. The van der Waals surface area contributed by atoms with Gasteiger partial charge >= 0.3 is 5.97 Å². The van der Waals surface area contributed by atoms with Crippen molar-refractivity contribution in [1.29, 1.82) is 0 Å². The number of ether oxygens (including phenoxy) is 1. The van der Waals surface area contributed by atoms with Gasteiger partial charge in [0.05, 0.1) is 6.10 Å².